The van der Waals surface area contributed by atoms with Gasteiger partial charge in [-0.05, 0) is 83.1 Å². The molecule has 4 rings (SSSR count). The average molecular weight is 542 g/mol. The van der Waals surface area contributed by atoms with Crippen molar-refractivity contribution < 1.29 is 9.90 Å². The van der Waals surface area contributed by atoms with E-state index in [4.69, 9.17) is 5.11 Å². The van der Waals surface area contributed by atoms with Gasteiger partial charge >= 0.3 is 5.97 Å². The van der Waals surface area contributed by atoms with Gasteiger partial charge in [0.05, 0.1) is 13.1 Å². The summed E-state index contributed by atoms with van der Waals surface area (Å²) in [6.45, 7) is 15.6. The summed E-state index contributed by atoms with van der Waals surface area (Å²) in [5, 5.41) is 8.81. The summed E-state index contributed by atoms with van der Waals surface area (Å²) in [6.07, 6.45) is 16.1. The van der Waals surface area contributed by atoms with E-state index in [1.807, 2.05) is 18.6 Å². The molecule has 0 radical (unpaired) electrons. The van der Waals surface area contributed by atoms with E-state index in [0.29, 0.717) is 5.41 Å². The van der Waals surface area contributed by atoms with Crippen molar-refractivity contribution >= 4 is 5.97 Å². The topological polar surface area (TPSA) is 82.7 Å². The molecule has 1 N–H and O–H groups in total. The number of hydrogen-bond acceptors (Lipinski definition) is 6. The zero-order valence-corrected chi connectivity index (χ0v) is 24.6. The highest BCUT2D eigenvalue weighted by Gasteiger charge is 2.40. The summed E-state index contributed by atoms with van der Waals surface area (Å²) >= 11 is 0. The Morgan fingerprint density at radius 3 is 2.08 bits per heavy atom. The number of nitrogens with zero attached hydrogens (tertiary/aromatic N) is 7. The number of imidazole rings is 2. The Morgan fingerprint density at radius 2 is 1.49 bits per heavy atom. The van der Waals surface area contributed by atoms with Crippen molar-refractivity contribution in [2.24, 2.45) is 11.3 Å². The van der Waals surface area contributed by atoms with E-state index in [9.17, 15) is 4.79 Å². The first-order valence-corrected chi connectivity index (χ1v) is 15.2. The van der Waals surface area contributed by atoms with Crippen LogP contribution >= 0.6 is 0 Å². The number of likely N-dealkylation sites (tertiary alicyclic amines) is 2. The van der Waals surface area contributed by atoms with Gasteiger partial charge in [-0.2, -0.15) is 0 Å². The number of aryl methyl sites for hydroxylation is 2. The molecule has 2 aromatic rings. The van der Waals surface area contributed by atoms with Crippen LogP contribution in [0.25, 0.3) is 0 Å². The maximum atomic E-state index is 10.7. The van der Waals surface area contributed by atoms with Crippen LogP contribution < -0.4 is 0 Å². The lowest BCUT2D eigenvalue weighted by Crippen LogP contribution is -2.42. The smallest absolute Gasteiger partial charge is 0.303 e. The number of piperidine rings is 1. The van der Waals surface area contributed by atoms with E-state index < -0.39 is 5.97 Å². The second-order valence-corrected chi connectivity index (χ2v) is 12.5. The number of hydrogen-bond donors (Lipinski definition) is 1. The molecule has 0 amide bonds. The minimum absolute atomic E-state index is 0.252. The van der Waals surface area contributed by atoms with Crippen LogP contribution in [0.2, 0.25) is 0 Å². The maximum Gasteiger partial charge on any atom is 0.303 e. The standard InChI is InChI=1S/C30H51N7O2/c1-26(2)22-34-17-9-30(10-18-34)11-19-35(25-30)14-7-16-37-21-13-32-28(37)24-33(3)23-27-31-12-20-36(27)15-6-4-5-8-29(38)39/h12-13,20-21,26H,4-11,14-19,22-25H2,1-3H3,(H,38,39). The van der Waals surface area contributed by atoms with Crippen LogP contribution in [0.3, 0.4) is 0 Å². The lowest BCUT2D eigenvalue weighted by molar-refractivity contribution is -0.137. The fourth-order valence-electron chi connectivity index (χ4n) is 6.48. The third-order valence-electron chi connectivity index (χ3n) is 8.65. The Bertz CT molecular complexity index is 1010. The van der Waals surface area contributed by atoms with Crippen molar-refractivity contribution in [1.82, 2.24) is 33.8 Å². The second kappa shape index (κ2) is 14.4. The van der Waals surface area contributed by atoms with Gasteiger partial charge in [0.25, 0.3) is 0 Å². The number of aliphatic carboxylic acids is 1. The zero-order valence-electron chi connectivity index (χ0n) is 24.6. The zero-order chi connectivity index (χ0) is 27.7. The summed E-state index contributed by atoms with van der Waals surface area (Å²) in [7, 11) is 2.13. The van der Waals surface area contributed by atoms with Gasteiger partial charge in [0, 0.05) is 57.4 Å². The number of carbonyl (C=O) groups is 1. The molecule has 2 fully saturated rings. The first-order valence-electron chi connectivity index (χ1n) is 15.2. The molecule has 2 saturated heterocycles. The van der Waals surface area contributed by atoms with Crippen LogP contribution in [-0.4, -0.2) is 91.2 Å². The summed E-state index contributed by atoms with van der Waals surface area (Å²) in [5.74, 6) is 2.21. The number of carboxylic acids is 1. The van der Waals surface area contributed by atoms with Crippen LogP contribution in [0.15, 0.2) is 24.8 Å². The third-order valence-corrected chi connectivity index (χ3v) is 8.65. The molecule has 0 bridgehead atoms. The van der Waals surface area contributed by atoms with Crippen LogP contribution in [0, 0.1) is 11.3 Å². The SMILES string of the molecule is CC(C)CN1CCC2(CC1)CCN(CCCn1ccnc1CN(C)Cc1nccn1CCCCCC(=O)O)C2. The molecule has 218 valence electrons. The molecule has 4 heterocycles. The van der Waals surface area contributed by atoms with Crippen LogP contribution in [0.5, 0.6) is 0 Å². The summed E-state index contributed by atoms with van der Waals surface area (Å²) in [4.78, 5) is 27.6. The molecular weight excluding hydrogens is 490 g/mol. The van der Waals surface area contributed by atoms with Crippen LogP contribution in [0.1, 0.15) is 76.9 Å². The molecule has 39 heavy (non-hydrogen) atoms. The average Bonchev–Trinajstić information content (AvgIpc) is 3.62. The van der Waals surface area contributed by atoms with Gasteiger partial charge in [-0.3, -0.25) is 9.69 Å². The molecule has 2 aliphatic rings. The molecule has 9 heteroatoms. The first-order chi connectivity index (χ1) is 18.8. The Kier molecular flexibility index (Phi) is 11.0. The summed E-state index contributed by atoms with van der Waals surface area (Å²) < 4.78 is 4.52. The molecule has 0 saturated carbocycles. The van der Waals surface area contributed by atoms with E-state index in [-0.39, 0.29) is 6.42 Å². The molecule has 0 atom stereocenters. The lowest BCUT2D eigenvalue weighted by Gasteiger charge is -2.40. The van der Waals surface area contributed by atoms with Crippen molar-refractivity contribution in [3.8, 4) is 0 Å². The monoisotopic (exact) mass is 541 g/mol. The van der Waals surface area contributed by atoms with Crippen LogP contribution in [-0.2, 0) is 31.0 Å². The van der Waals surface area contributed by atoms with Crippen molar-refractivity contribution in [3.05, 3.63) is 36.4 Å². The highest BCUT2D eigenvalue weighted by Crippen LogP contribution is 2.40. The largest absolute Gasteiger partial charge is 0.481 e. The summed E-state index contributed by atoms with van der Waals surface area (Å²) in [5.41, 5.74) is 0.570. The van der Waals surface area contributed by atoms with E-state index in [0.717, 1.165) is 69.4 Å². The van der Waals surface area contributed by atoms with Gasteiger partial charge in [0.2, 0.25) is 0 Å². The van der Waals surface area contributed by atoms with Gasteiger partial charge in [0.15, 0.2) is 0 Å². The van der Waals surface area contributed by atoms with Gasteiger partial charge < -0.3 is 24.0 Å². The van der Waals surface area contributed by atoms with Gasteiger partial charge in [-0.15, -0.1) is 0 Å². The number of carboxylic acid groups (broad SMARTS) is 1. The number of rotatable bonds is 16. The highest BCUT2D eigenvalue weighted by atomic mass is 16.4. The minimum atomic E-state index is -0.712. The maximum absolute atomic E-state index is 10.7. The number of aromatic nitrogens is 4. The first kappa shape index (κ1) is 29.7. The highest BCUT2D eigenvalue weighted by molar-refractivity contribution is 5.66. The molecule has 9 nitrogen and oxygen atoms in total. The van der Waals surface area contributed by atoms with E-state index in [2.05, 4.69) is 60.9 Å². The summed E-state index contributed by atoms with van der Waals surface area (Å²) in [6, 6.07) is 0. The Labute approximate surface area is 235 Å². The van der Waals surface area contributed by atoms with Crippen molar-refractivity contribution in [3.63, 3.8) is 0 Å². The van der Waals surface area contributed by atoms with E-state index in [1.165, 1.54) is 58.5 Å². The number of unbranched alkanes of at least 4 members (excludes halogenated alkanes) is 2. The Hall–Kier alpha value is -2.23. The lowest BCUT2D eigenvalue weighted by atomic mass is 9.77. The van der Waals surface area contributed by atoms with E-state index in [1.54, 1.807) is 0 Å². The third kappa shape index (κ3) is 9.15. The van der Waals surface area contributed by atoms with Gasteiger partial charge in [-0.1, -0.05) is 20.3 Å². The fourth-order valence-corrected chi connectivity index (χ4v) is 6.48. The van der Waals surface area contributed by atoms with Gasteiger partial charge in [0.1, 0.15) is 11.6 Å². The molecule has 2 aromatic heterocycles. The molecule has 0 unspecified atom stereocenters. The van der Waals surface area contributed by atoms with E-state index >= 15 is 0 Å². The second-order valence-electron chi connectivity index (χ2n) is 12.5. The molecule has 2 aliphatic heterocycles. The van der Waals surface area contributed by atoms with Crippen molar-refractivity contribution in [2.45, 2.75) is 91.4 Å². The molecule has 1 spiro atoms. The van der Waals surface area contributed by atoms with Crippen LogP contribution in [0.4, 0.5) is 0 Å². The Morgan fingerprint density at radius 1 is 0.897 bits per heavy atom. The molecule has 0 aromatic carbocycles. The van der Waals surface area contributed by atoms with Crippen molar-refractivity contribution in [1.29, 1.82) is 0 Å². The predicted octanol–water partition coefficient (Wildman–Crippen LogP) is 4.19. The predicted molar refractivity (Wildman–Crippen MR) is 154 cm³/mol. The minimum Gasteiger partial charge on any atom is -0.481 e. The fraction of sp³-hybridized carbons (Fsp3) is 0.767. The molecular formula is C30H51N7O2. The van der Waals surface area contributed by atoms with Crippen molar-refractivity contribution in [2.75, 3.05) is 46.3 Å². The molecule has 0 aliphatic carbocycles. The quantitative estimate of drug-likeness (QED) is 0.319. The van der Waals surface area contributed by atoms with Gasteiger partial charge in [-0.25, -0.2) is 9.97 Å². The normalized spacial score (nSPS) is 18.2. The Balaban J connectivity index is 1.16.